The summed E-state index contributed by atoms with van der Waals surface area (Å²) in [5.74, 6) is -1.87. The third kappa shape index (κ3) is 3.73. The maximum atomic E-state index is 13.1. The molecule has 176 valence electrons. The molecular weight excluding hydrogens is 436 g/mol. The van der Waals surface area contributed by atoms with Crippen molar-refractivity contribution in [2.45, 2.75) is 50.4 Å². The summed E-state index contributed by atoms with van der Waals surface area (Å²) in [5, 5.41) is 0. The third-order valence-corrected chi connectivity index (χ3v) is 7.18. The minimum absolute atomic E-state index is 0.116. The number of hydrogen-bond donors (Lipinski definition) is 0. The van der Waals surface area contributed by atoms with E-state index in [1.165, 1.54) is 7.11 Å². The molecule has 2 aromatic carbocycles. The SMILES string of the molecule is COC(=O)C(C1CC2CCC(C1)N2C(=O)OCc1ccccc1)N1C(=O)c2ccccc2C1=O. The summed E-state index contributed by atoms with van der Waals surface area (Å²) in [5.41, 5.74) is 1.51. The molecule has 2 aromatic rings. The molecule has 2 fully saturated rings. The number of benzene rings is 2. The van der Waals surface area contributed by atoms with Crippen molar-refractivity contribution in [3.8, 4) is 0 Å². The summed E-state index contributed by atoms with van der Waals surface area (Å²) in [4.78, 5) is 54.8. The van der Waals surface area contributed by atoms with Gasteiger partial charge in [-0.2, -0.15) is 0 Å². The van der Waals surface area contributed by atoms with Crippen molar-refractivity contribution in [1.29, 1.82) is 0 Å². The predicted molar refractivity (Wildman–Crippen MR) is 121 cm³/mol. The van der Waals surface area contributed by atoms with Gasteiger partial charge in [-0.15, -0.1) is 0 Å². The molecule has 3 amide bonds. The van der Waals surface area contributed by atoms with E-state index in [0.717, 1.165) is 23.3 Å². The Bertz CT molecular complexity index is 1080. The van der Waals surface area contributed by atoms with Gasteiger partial charge in [0, 0.05) is 12.1 Å². The van der Waals surface area contributed by atoms with E-state index < -0.39 is 23.8 Å². The van der Waals surface area contributed by atoms with Gasteiger partial charge in [0.05, 0.1) is 18.2 Å². The van der Waals surface area contributed by atoms with E-state index >= 15 is 0 Å². The molecule has 0 aromatic heterocycles. The fraction of sp³-hybridized carbons (Fsp3) is 0.385. The highest BCUT2D eigenvalue weighted by molar-refractivity contribution is 6.22. The lowest BCUT2D eigenvalue weighted by molar-refractivity contribution is -0.148. The van der Waals surface area contributed by atoms with Gasteiger partial charge in [-0.25, -0.2) is 9.59 Å². The predicted octanol–water partition coefficient (Wildman–Crippen LogP) is 3.40. The first-order valence-electron chi connectivity index (χ1n) is 11.5. The minimum atomic E-state index is -1.03. The van der Waals surface area contributed by atoms with E-state index in [1.54, 1.807) is 29.2 Å². The second-order valence-electron chi connectivity index (χ2n) is 9.06. The maximum Gasteiger partial charge on any atom is 0.410 e. The molecule has 2 bridgehead atoms. The van der Waals surface area contributed by atoms with Crippen molar-refractivity contribution in [2.24, 2.45) is 5.92 Å². The topological polar surface area (TPSA) is 93.2 Å². The van der Waals surface area contributed by atoms with Gasteiger partial charge < -0.3 is 14.4 Å². The Balaban J connectivity index is 1.33. The van der Waals surface area contributed by atoms with Crippen molar-refractivity contribution in [3.05, 3.63) is 71.3 Å². The van der Waals surface area contributed by atoms with Crippen LogP contribution in [0.15, 0.2) is 54.6 Å². The van der Waals surface area contributed by atoms with Gasteiger partial charge in [0.15, 0.2) is 0 Å². The van der Waals surface area contributed by atoms with Crippen molar-refractivity contribution in [3.63, 3.8) is 0 Å². The number of hydrogen-bond acceptors (Lipinski definition) is 6. The minimum Gasteiger partial charge on any atom is -0.467 e. The van der Waals surface area contributed by atoms with Crippen LogP contribution in [0.25, 0.3) is 0 Å². The number of carbonyl (C=O) groups excluding carboxylic acids is 4. The number of nitrogens with zero attached hydrogens (tertiary/aromatic N) is 2. The number of imide groups is 1. The number of fused-ring (bicyclic) bond motifs is 3. The highest BCUT2D eigenvalue weighted by Gasteiger charge is 2.52. The van der Waals surface area contributed by atoms with E-state index in [1.807, 2.05) is 30.3 Å². The largest absolute Gasteiger partial charge is 0.467 e. The quantitative estimate of drug-likeness (QED) is 0.500. The zero-order valence-electron chi connectivity index (χ0n) is 18.9. The number of methoxy groups -OCH3 is 1. The molecule has 5 rings (SSSR count). The molecule has 34 heavy (non-hydrogen) atoms. The number of ether oxygens (including phenoxy) is 2. The summed E-state index contributed by atoms with van der Waals surface area (Å²) in [7, 11) is 1.26. The summed E-state index contributed by atoms with van der Waals surface area (Å²) < 4.78 is 10.6. The first kappa shape index (κ1) is 22.1. The molecule has 0 N–H and O–H groups in total. The lowest BCUT2D eigenvalue weighted by Crippen LogP contribution is -2.55. The monoisotopic (exact) mass is 462 g/mol. The number of amides is 3. The van der Waals surface area contributed by atoms with Gasteiger partial charge in [-0.3, -0.25) is 14.5 Å². The average molecular weight is 463 g/mol. The highest BCUT2D eigenvalue weighted by Crippen LogP contribution is 2.42. The Kier molecular flexibility index (Phi) is 5.81. The molecule has 3 aliphatic rings. The van der Waals surface area contributed by atoms with Crippen LogP contribution in [0, 0.1) is 5.92 Å². The number of carbonyl (C=O) groups is 4. The Morgan fingerprint density at radius 3 is 2.03 bits per heavy atom. The molecule has 3 atom stereocenters. The van der Waals surface area contributed by atoms with Crippen molar-refractivity contribution in [1.82, 2.24) is 9.80 Å². The molecule has 3 heterocycles. The van der Waals surface area contributed by atoms with Gasteiger partial charge in [-0.1, -0.05) is 42.5 Å². The Labute approximate surface area is 197 Å². The summed E-state index contributed by atoms with van der Waals surface area (Å²) in [6, 6.07) is 14.8. The zero-order chi connectivity index (χ0) is 23.8. The first-order valence-corrected chi connectivity index (χ1v) is 11.5. The third-order valence-electron chi connectivity index (χ3n) is 7.18. The number of esters is 1. The molecule has 8 heteroatoms. The molecular formula is C26H26N2O6. The van der Waals surface area contributed by atoms with Crippen molar-refractivity contribution in [2.75, 3.05) is 7.11 Å². The molecule has 0 saturated carbocycles. The van der Waals surface area contributed by atoms with Gasteiger partial charge in [0.2, 0.25) is 0 Å². The van der Waals surface area contributed by atoms with Crippen LogP contribution in [-0.4, -0.2) is 58.9 Å². The maximum absolute atomic E-state index is 13.1. The van der Waals surface area contributed by atoms with Gasteiger partial charge >= 0.3 is 12.1 Å². The van der Waals surface area contributed by atoms with Crippen molar-refractivity contribution < 1.29 is 28.7 Å². The van der Waals surface area contributed by atoms with Crippen LogP contribution in [0.5, 0.6) is 0 Å². The highest BCUT2D eigenvalue weighted by atomic mass is 16.6. The lowest BCUT2D eigenvalue weighted by atomic mass is 9.84. The van der Waals surface area contributed by atoms with E-state index in [0.29, 0.717) is 24.0 Å². The number of rotatable bonds is 5. The summed E-state index contributed by atoms with van der Waals surface area (Å²) >= 11 is 0. The molecule has 3 aliphatic heterocycles. The molecule has 3 unspecified atom stereocenters. The second-order valence-corrected chi connectivity index (χ2v) is 9.06. The van der Waals surface area contributed by atoms with Crippen LogP contribution in [0.2, 0.25) is 0 Å². The Morgan fingerprint density at radius 2 is 1.47 bits per heavy atom. The molecule has 0 aliphatic carbocycles. The Hall–Kier alpha value is -3.68. The van der Waals surface area contributed by atoms with Crippen LogP contribution in [0.1, 0.15) is 52.0 Å². The standard InChI is InChI=1S/C26H26N2O6/c1-33-25(31)22(28-23(29)20-9-5-6-10-21(20)24(28)30)17-13-18-11-12-19(14-17)27(18)26(32)34-15-16-7-3-2-4-8-16/h2-10,17-19,22H,11-15H2,1H3. The molecule has 0 radical (unpaired) electrons. The molecule has 2 saturated heterocycles. The van der Waals surface area contributed by atoms with E-state index in [4.69, 9.17) is 9.47 Å². The average Bonchev–Trinajstić information content (AvgIpc) is 3.28. The Morgan fingerprint density at radius 1 is 0.912 bits per heavy atom. The van der Waals surface area contributed by atoms with Gasteiger partial charge in [0.1, 0.15) is 12.6 Å². The fourth-order valence-corrected chi connectivity index (χ4v) is 5.66. The fourth-order valence-electron chi connectivity index (χ4n) is 5.66. The smallest absolute Gasteiger partial charge is 0.410 e. The molecule has 0 spiro atoms. The van der Waals surface area contributed by atoms with Gasteiger partial charge in [0.25, 0.3) is 11.8 Å². The first-order chi connectivity index (χ1) is 16.5. The normalized spacial score (nSPS) is 24.1. The summed E-state index contributed by atoms with van der Waals surface area (Å²) in [6.45, 7) is 0.193. The summed E-state index contributed by atoms with van der Waals surface area (Å²) in [6.07, 6.45) is 2.19. The van der Waals surface area contributed by atoms with E-state index in [-0.39, 0.29) is 30.7 Å². The van der Waals surface area contributed by atoms with Crippen LogP contribution >= 0.6 is 0 Å². The van der Waals surface area contributed by atoms with E-state index in [9.17, 15) is 19.2 Å². The van der Waals surface area contributed by atoms with Crippen LogP contribution in [-0.2, 0) is 20.9 Å². The lowest BCUT2D eigenvalue weighted by Gasteiger charge is -2.41. The van der Waals surface area contributed by atoms with Crippen LogP contribution in [0.4, 0.5) is 4.79 Å². The van der Waals surface area contributed by atoms with E-state index in [2.05, 4.69) is 0 Å². The van der Waals surface area contributed by atoms with Crippen molar-refractivity contribution >= 4 is 23.9 Å². The van der Waals surface area contributed by atoms with Crippen LogP contribution in [0.3, 0.4) is 0 Å². The second kappa shape index (κ2) is 8.93. The molecule has 8 nitrogen and oxygen atoms in total. The van der Waals surface area contributed by atoms with Gasteiger partial charge in [-0.05, 0) is 49.3 Å². The zero-order valence-corrected chi connectivity index (χ0v) is 18.9. The van der Waals surface area contributed by atoms with Crippen LogP contribution < -0.4 is 0 Å². The number of piperidine rings is 1.